The summed E-state index contributed by atoms with van der Waals surface area (Å²) >= 11 is 1.50. The second kappa shape index (κ2) is 2.96. The number of carbonyl (C=O) groups excluding carboxylic acids is 2. The van der Waals surface area contributed by atoms with E-state index in [0.717, 1.165) is 10.4 Å². The van der Waals surface area contributed by atoms with Crippen molar-refractivity contribution in [3.8, 4) is 0 Å². The number of cyclic esters (lactones) is 2. The fourth-order valence-corrected chi connectivity index (χ4v) is 2.32. The number of carbonyl (C=O) groups is 2. The Morgan fingerprint density at radius 3 is 2.77 bits per heavy atom. The fraction of sp³-hybridized carbons (Fsp3) is 0.333. The molecule has 2 heterocycles. The van der Waals surface area contributed by atoms with Gasteiger partial charge in [-0.1, -0.05) is 0 Å². The van der Waals surface area contributed by atoms with E-state index < -0.39 is 11.9 Å². The van der Waals surface area contributed by atoms with Crippen LogP contribution < -0.4 is 0 Å². The van der Waals surface area contributed by atoms with E-state index >= 15 is 0 Å². The van der Waals surface area contributed by atoms with Gasteiger partial charge in [-0.25, -0.2) is 0 Å². The third-order valence-corrected chi connectivity index (χ3v) is 3.13. The zero-order valence-corrected chi connectivity index (χ0v) is 7.89. The van der Waals surface area contributed by atoms with E-state index in [-0.39, 0.29) is 12.3 Å². The molecule has 1 aliphatic rings. The van der Waals surface area contributed by atoms with Gasteiger partial charge < -0.3 is 4.74 Å². The van der Waals surface area contributed by atoms with Crippen LogP contribution in [0.1, 0.15) is 22.8 Å². The molecule has 1 unspecified atom stereocenters. The van der Waals surface area contributed by atoms with Gasteiger partial charge in [-0.3, -0.25) is 9.59 Å². The molecular weight excluding hydrogens is 188 g/mol. The molecule has 3 nitrogen and oxygen atoms in total. The van der Waals surface area contributed by atoms with Crippen LogP contribution in [0, 0.1) is 6.92 Å². The van der Waals surface area contributed by atoms with Crippen molar-refractivity contribution in [3.63, 3.8) is 0 Å². The average Bonchev–Trinajstić information content (AvgIpc) is 2.58. The zero-order valence-electron chi connectivity index (χ0n) is 7.07. The quantitative estimate of drug-likeness (QED) is 0.506. The molecule has 4 heteroatoms. The van der Waals surface area contributed by atoms with E-state index in [4.69, 9.17) is 0 Å². The van der Waals surface area contributed by atoms with E-state index in [0.29, 0.717) is 0 Å². The van der Waals surface area contributed by atoms with Crippen LogP contribution in [-0.4, -0.2) is 11.9 Å². The average molecular weight is 196 g/mol. The van der Waals surface area contributed by atoms with Crippen LogP contribution in [0.2, 0.25) is 0 Å². The van der Waals surface area contributed by atoms with Gasteiger partial charge in [0.05, 0.1) is 6.42 Å². The number of hydrogen-bond acceptors (Lipinski definition) is 4. The van der Waals surface area contributed by atoms with E-state index in [1.165, 1.54) is 11.3 Å². The summed E-state index contributed by atoms with van der Waals surface area (Å²) in [7, 11) is 0. The summed E-state index contributed by atoms with van der Waals surface area (Å²) in [5.74, 6) is -1.18. The molecule has 0 aromatic carbocycles. The first kappa shape index (κ1) is 8.44. The second-order valence-corrected chi connectivity index (χ2v) is 4.02. The van der Waals surface area contributed by atoms with E-state index in [1.54, 1.807) is 0 Å². The van der Waals surface area contributed by atoms with Gasteiger partial charge in [-0.15, -0.1) is 11.3 Å². The first-order valence-electron chi connectivity index (χ1n) is 3.96. The lowest BCUT2D eigenvalue weighted by molar-refractivity contribution is -0.152. The molecule has 0 N–H and O–H groups in total. The molecule has 0 amide bonds. The minimum absolute atomic E-state index is 0.193. The molecule has 1 atom stereocenters. The predicted molar refractivity (Wildman–Crippen MR) is 47.5 cm³/mol. The van der Waals surface area contributed by atoms with E-state index in [9.17, 15) is 9.59 Å². The Balaban J connectivity index is 2.27. The molecule has 1 aliphatic heterocycles. The number of aryl methyl sites for hydroxylation is 1. The summed E-state index contributed by atoms with van der Waals surface area (Å²) in [6, 6.07) is 1.93. The van der Waals surface area contributed by atoms with Crippen molar-refractivity contribution in [1.82, 2.24) is 0 Å². The molecule has 0 radical (unpaired) electrons. The Hall–Kier alpha value is -1.16. The molecule has 68 valence electrons. The molecule has 1 fully saturated rings. The summed E-state index contributed by atoms with van der Waals surface area (Å²) in [5, 5.41) is 1.96. The molecule has 13 heavy (non-hydrogen) atoms. The molecule has 0 spiro atoms. The largest absolute Gasteiger partial charge is 0.393 e. The van der Waals surface area contributed by atoms with Gasteiger partial charge in [0.2, 0.25) is 0 Å². The molecular formula is C9H8O3S. The number of hydrogen-bond donors (Lipinski definition) is 0. The van der Waals surface area contributed by atoms with Crippen LogP contribution in [-0.2, 0) is 14.3 Å². The second-order valence-electron chi connectivity index (χ2n) is 3.08. The van der Waals surface area contributed by atoms with Gasteiger partial charge >= 0.3 is 11.9 Å². The lowest BCUT2D eigenvalue weighted by Crippen LogP contribution is -2.03. The van der Waals surface area contributed by atoms with Crippen molar-refractivity contribution in [3.05, 3.63) is 21.9 Å². The maximum absolute atomic E-state index is 11.2. The normalized spacial score (nSPS) is 22.1. The standard InChI is InChI=1S/C9H8O3S/c1-5-2-7(13-4-5)6-3-8(10)12-9(6)11/h2,4,6H,3H2,1H3. The third kappa shape index (κ3) is 1.49. The minimum Gasteiger partial charge on any atom is -0.393 e. The van der Waals surface area contributed by atoms with Crippen molar-refractivity contribution in [2.45, 2.75) is 19.3 Å². The van der Waals surface area contributed by atoms with Gasteiger partial charge in [0.1, 0.15) is 5.92 Å². The summed E-state index contributed by atoms with van der Waals surface area (Å²) in [6.07, 6.45) is 0.193. The van der Waals surface area contributed by atoms with E-state index in [1.807, 2.05) is 18.4 Å². The highest BCUT2D eigenvalue weighted by molar-refractivity contribution is 7.10. The maximum atomic E-state index is 11.2. The SMILES string of the molecule is Cc1csc(C2CC(=O)OC2=O)c1. The summed E-state index contributed by atoms with van der Waals surface area (Å²) < 4.78 is 4.47. The van der Waals surface area contributed by atoms with Crippen LogP contribution in [0.3, 0.4) is 0 Å². The van der Waals surface area contributed by atoms with Gasteiger partial charge in [0.25, 0.3) is 0 Å². The number of esters is 2. The lowest BCUT2D eigenvalue weighted by atomic mass is 10.1. The minimum atomic E-state index is -0.416. The van der Waals surface area contributed by atoms with Crippen molar-refractivity contribution >= 4 is 23.3 Å². The topological polar surface area (TPSA) is 43.4 Å². The number of ether oxygens (including phenoxy) is 1. The number of thiophene rings is 1. The van der Waals surface area contributed by atoms with E-state index in [2.05, 4.69) is 4.74 Å². The smallest absolute Gasteiger partial charge is 0.322 e. The lowest BCUT2D eigenvalue weighted by Gasteiger charge is -1.97. The van der Waals surface area contributed by atoms with Crippen molar-refractivity contribution in [1.29, 1.82) is 0 Å². The fourth-order valence-electron chi connectivity index (χ4n) is 1.33. The maximum Gasteiger partial charge on any atom is 0.322 e. The first-order valence-corrected chi connectivity index (χ1v) is 4.84. The van der Waals surface area contributed by atoms with Crippen LogP contribution in [0.15, 0.2) is 11.4 Å². The Bertz CT molecular complexity index is 367. The molecule has 2 rings (SSSR count). The van der Waals surface area contributed by atoms with Gasteiger partial charge in [0, 0.05) is 4.88 Å². The Kier molecular flexibility index (Phi) is 1.92. The molecule has 1 aromatic rings. The molecule has 1 saturated heterocycles. The molecule has 0 aliphatic carbocycles. The summed E-state index contributed by atoms with van der Waals surface area (Å²) in [6.45, 7) is 1.96. The Morgan fingerprint density at radius 1 is 1.54 bits per heavy atom. The van der Waals surface area contributed by atoms with Crippen molar-refractivity contribution in [2.75, 3.05) is 0 Å². The molecule has 0 saturated carbocycles. The highest BCUT2D eigenvalue weighted by Crippen LogP contribution is 2.31. The van der Waals surface area contributed by atoms with Gasteiger partial charge in [-0.2, -0.15) is 0 Å². The summed E-state index contributed by atoms with van der Waals surface area (Å²) in [4.78, 5) is 22.9. The third-order valence-electron chi connectivity index (χ3n) is 1.96. The predicted octanol–water partition coefficient (Wildman–Crippen LogP) is 1.61. The van der Waals surface area contributed by atoms with Crippen LogP contribution in [0.25, 0.3) is 0 Å². The summed E-state index contributed by atoms with van der Waals surface area (Å²) in [5.41, 5.74) is 1.12. The Morgan fingerprint density at radius 2 is 2.31 bits per heavy atom. The molecule has 0 bridgehead atoms. The number of rotatable bonds is 1. The van der Waals surface area contributed by atoms with Crippen LogP contribution >= 0.6 is 11.3 Å². The van der Waals surface area contributed by atoms with Gasteiger partial charge in [0.15, 0.2) is 0 Å². The Labute approximate surface area is 79.3 Å². The van der Waals surface area contributed by atoms with Crippen molar-refractivity contribution < 1.29 is 14.3 Å². The van der Waals surface area contributed by atoms with Crippen LogP contribution in [0.5, 0.6) is 0 Å². The van der Waals surface area contributed by atoms with Crippen molar-refractivity contribution in [2.24, 2.45) is 0 Å². The molecule has 1 aromatic heterocycles. The highest BCUT2D eigenvalue weighted by Gasteiger charge is 2.35. The van der Waals surface area contributed by atoms with Gasteiger partial charge in [-0.05, 0) is 23.9 Å². The highest BCUT2D eigenvalue weighted by atomic mass is 32.1. The monoisotopic (exact) mass is 196 g/mol. The van der Waals surface area contributed by atoms with Crippen LogP contribution in [0.4, 0.5) is 0 Å². The first-order chi connectivity index (χ1) is 6.16. The zero-order chi connectivity index (χ0) is 9.42.